The number of hydrogen-bond acceptors (Lipinski definition) is 6. The van der Waals surface area contributed by atoms with E-state index in [2.05, 4.69) is 15.0 Å². The number of aryl methyl sites for hydroxylation is 1. The fraction of sp³-hybridized carbons (Fsp3) is 0.185. The fourth-order valence-electron chi connectivity index (χ4n) is 3.54. The molecule has 4 rings (SSSR count). The van der Waals surface area contributed by atoms with E-state index >= 15 is 0 Å². The van der Waals surface area contributed by atoms with Crippen LogP contribution < -0.4 is 9.64 Å². The van der Waals surface area contributed by atoms with Gasteiger partial charge in [0.15, 0.2) is 11.6 Å². The van der Waals surface area contributed by atoms with E-state index in [1.807, 2.05) is 12.1 Å². The molecule has 0 aliphatic rings. The molecule has 2 heterocycles. The second kappa shape index (κ2) is 11.8. The number of Topliss-reactive ketones (excluding diaryl/α,β-unsaturated/α-hetero) is 1. The first kappa shape index (κ1) is 27.3. The highest BCUT2D eigenvalue weighted by Crippen LogP contribution is 2.30. The maximum absolute atomic E-state index is 13.0. The highest BCUT2D eigenvalue weighted by molar-refractivity contribution is 6.33. The summed E-state index contributed by atoms with van der Waals surface area (Å²) in [5, 5.41) is 0.901. The Hall–Kier alpha value is -3.69. The van der Waals surface area contributed by atoms with Gasteiger partial charge >= 0.3 is 6.18 Å². The van der Waals surface area contributed by atoms with Crippen LogP contribution in [-0.4, -0.2) is 33.8 Å². The van der Waals surface area contributed by atoms with E-state index in [4.69, 9.17) is 27.9 Å². The third-order valence-electron chi connectivity index (χ3n) is 5.63. The minimum Gasteiger partial charge on any atom is -0.439 e. The molecule has 2 aromatic carbocycles. The molecule has 0 saturated carbocycles. The largest absolute Gasteiger partial charge is 0.439 e. The van der Waals surface area contributed by atoms with Crippen LogP contribution >= 0.6 is 23.2 Å². The second-order valence-electron chi connectivity index (χ2n) is 8.33. The molecular formula is C27H21Cl2F3N4O2. The van der Waals surface area contributed by atoms with Crippen molar-refractivity contribution in [2.75, 3.05) is 18.0 Å². The Morgan fingerprint density at radius 1 is 0.947 bits per heavy atom. The van der Waals surface area contributed by atoms with Gasteiger partial charge in [0.25, 0.3) is 0 Å². The smallest absolute Gasteiger partial charge is 0.417 e. The molecule has 0 fully saturated rings. The van der Waals surface area contributed by atoms with E-state index < -0.39 is 11.7 Å². The van der Waals surface area contributed by atoms with Crippen molar-refractivity contribution in [1.29, 1.82) is 0 Å². The third kappa shape index (κ3) is 6.99. The van der Waals surface area contributed by atoms with Gasteiger partial charge in [0.05, 0.1) is 17.8 Å². The molecule has 4 aromatic rings. The summed E-state index contributed by atoms with van der Waals surface area (Å²) in [6.07, 6.45) is -1.79. The molecule has 0 N–H and O–H groups in total. The van der Waals surface area contributed by atoms with Gasteiger partial charge in [-0.15, -0.1) is 0 Å². The van der Waals surface area contributed by atoms with Crippen molar-refractivity contribution in [1.82, 2.24) is 15.0 Å². The molecule has 0 amide bonds. The predicted molar refractivity (Wildman–Crippen MR) is 139 cm³/mol. The maximum atomic E-state index is 13.0. The quantitative estimate of drug-likeness (QED) is 0.201. The molecule has 0 bridgehead atoms. The summed E-state index contributed by atoms with van der Waals surface area (Å²) >= 11 is 12.4. The molecule has 0 unspecified atom stereocenters. The monoisotopic (exact) mass is 560 g/mol. The minimum absolute atomic E-state index is 0.0403. The zero-order valence-electron chi connectivity index (χ0n) is 20.0. The summed E-state index contributed by atoms with van der Waals surface area (Å²) in [5.74, 6) is 0.799. The SMILES string of the molecule is Cc1ncnc(N(CCc2ccc(Oc3ccc(C(F)(F)F)cn3)cc2)CC(=O)c2ccc(Cl)cc2)c1Cl. The van der Waals surface area contributed by atoms with Crippen molar-refractivity contribution in [3.63, 3.8) is 0 Å². The number of halogens is 5. The Bertz CT molecular complexity index is 1400. The Kier molecular flexibility index (Phi) is 8.48. The van der Waals surface area contributed by atoms with Crippen molar-refractivity contribution in [3.05, 3.63) is 106 Å². The molecule has 11 heteroatoms. The number of rotatable bonds is 9. The number of pyridine rings is 1. The van der Waals surface area contributed by atoms with E-state index in [0.29, 0.717) is 45.8 Å². The Morgan fingerprint density at radius 2 is 1.66 bits per heavy atom. The molecule has 0 saturated heterocycles. The molecule has 38 heavy (non-hydrogen) atoms. The lowest BCUT2D eigenvalue weighted by Crippen LogP contribution is -2.33. The number of ketones is 1. The van der Waals surface area contributed by atoms with Crippen LogP contribution in [0.1, 0.15) is 27.2 Å². The number of hydrogen-bond donors (Lipinski definition) is 0. The standard InChI is InChI=1S/C27H21Cl2F3N4O2/c1-17-25(29)26(35-16-34-17)36(15-23(37)19-4-7-21(28)8-5-19)13-12-18-2-9-22(10-3-18)38-24-11-6-20(14-33-24)27(30,31)32/h2-11,14,16H,12-13,15H2,1H3. The van der Waals surface area contributed by atoms with Gasteiger partial charge in [-0.2, -0.15) is 13.2 Å². The first-order chi connectivity index (χ1) is 18.1. The zero-order chi connectivity index (χ0) is 27.3. The lowest BCUT2D eigenvalue weighted by atomic mass is 10.1. The summed E-state index contributed by atoms with van der Waals surface area (Å²) in [7, 11) is 0. The molecule has 0 aliphatic carbocycles. The van der Waals surface area contributed by atoms with Gasteiger partial charge in [-0.05, 0) is 61.4 Å². The van der Waals surface area contributed by atoms with Crippen LogP contribution in [0, 0.1) is 6.92 Å². The van der Waals surface area contributed by atoms with Crippen molar-refractivity contribution < 1.29 is 22.7 Å². The van der Waals surface area contributed by atoms with Gasteiger partial charge in [0, 0.05) is 29.4 Å². The topological polar surface area (TPSA) is 68.2 Å². The number of nitrogens with zero attached hydrogens (tertiary/aromatic N) is 4. The molecular weight excluding hydrogens is 540 g/mol. The number of aromatic nitrogens is 3. The second-order valence-corrected chi connectivity index (χ2v) is 9.14. The summed E-state index contributed by atoms with van der Waals surface area (Å²) in [5.41, 5.74) is 1.19. The summed E-state index contributed by atoms with van der Waals surface area (Å²) in [6, 6.07) is 15.8. The summed E-state index contributed by atoms with van der Waals surface area (Å²) in [4.78, 5) is 26.9. The molecule has 0 aliphatic heterocycles. The van der Waals surface area contributed by atoms with Gasteiger partial charge in [0.1, 0.15) is 17.1 Å². The van der Waals surface area contributed by atoms with Gasteiger partial charge in [0.2, 0.25) is 5.88 Å². The van der Waals surface area contributed by atoms with Gasteiger partial charge in [-0.1, -0.05) is 35.3 Å². The fourth-order valence-corrected chi connectivity index (χ4v) is 3.89. The van der Waals surface area contributed by atoms with Crippen LogP contribution in [0.5, 0.6) is 11.6 Å². The van der Waals surface area contributed by atoms with Crippen LogP contribution in [0.15, 0.2) is 73.2 Å². The molecule has 0 radical (unpaired) electrons. The van der Waals surface area contributed by atoms with Crippen LogP contribution in [0.25, 0.3) is 0 Å². The number of alkyl halides is 3. The summed E-state index contributed by atoms with van der Waals surface area (Å²) < 4.78 is 43.7. The minimum atomic E-state index is -4.46. The van der Waals surface area contributed by atoms with Gasteiger partial charge in [-0.3, -0.25) is 4.79 Å². The molecule has 6 nitrogen and oxygen atoms in total. The highest BCUT2D eigenvalue weighted by atomic mass is 35.5. The normalized spacial score (nSPS) is 11.3. The van der Waals surface area contributed by atoms with Crippen molar-refractivity contribution in [3.8, 4) is 11.6 Å². The van der Waals surface area contributed by atoms with Crippen LogP contribution in [0.3, 0.4) is 0 Å². The van der Waals surface area contributed by atoms with E-state index in [0.717, 1.165) is 17.8 Å². The van der Waals surface area contributed by atoms with E-state index in [1.54, 1.807) is 48.2 Å². The molecule has 196 valence electrons. The van der Waals surface area contributed by atoms with Crippen molar-refractivity contribution in [2.45, 2.75) is 19.5 Å². The van der Waals surface area contributed by atoms with Crippen LogP contribution in [-0.2, 0) is 12.6 Å². The van der Waals surface area contributed by atoms with E-state index in [-0.39, 0.29) is 18.2 Å². The predicted octanol–water partition coefficient (Wildman–Crippen LogP) is 7.23. The van der Waals surface area contributed by atoms with Crippen LogP contribution in [0.4, 0.5) is 19.0 Å². The zero-order valence-corrected chi connectivity index (χ0v) is 21.6. The average Bonchev–Trinajstić information content (AvgIpc) is 2.89. The first-order valence-electron chi connectivity index (χ1n) is 11.4. The Labute approximate surface area is 227 Å². The van der Waals surface area contributed by atoms with E-state index in [1.165, 1.54) is 12.4 Å². The molecule has 2 aromatic heterocycles. The van der Waals surface area contributed by atoms with Gasteiger partial charge in [-0.25, -0.2) is 15.0 Å². The molecule has 0 atom stereocenters. The third-order valence-corrected chi connectivity index (χ3v) is 6.32. The highest BCUT2D eigenvalue weighted by Gasteiger charge is 2.30. The summed E-state index contributed by atoms with van der Waals surface area (Å²) in [6.45, 7) is 2.23. The van der Waals surface area contributed by atoms with Crippen LogP contribution in [0.2, 0.25) is 10.0 Å². The average molecular weight is 561 g/mol. The van der Waals surface area contributed by atoms with Crippen molar-refractivity contribution >= 4 is 34.8 Å². The lowest BCUT2D eigenvalue weighted by molar-refractivity contribution is -0.137. The molecule has 0 spiro atoms. The number of benzene rings is 2. The number of carbonyl (C=O) groups excluding carboxylic acids is 1. The number of carbonyl (C=O) groups is 1. The number of ether oxygens (including phenoxy) is 1. The lowest BCUT2D eigenvalue weighted by Gasteiger charge is -2.24. The Morgan fingerprint density at radius 3 is 2.29 bits per heavy atom. The van der Waals surface area contributed by atoms with Gasteiger partial charge < -0.3 is 9.64 Å². The maximum Gasteiger partial charge on any atom is 0.417 e. The number of anilines is 1. The Balaban J connectivity index is 1.45. The van der Waals surface area contributed by atoms with Crippen molar-refractivity contribution in [2.24, 2.45) is 0 Å². The van der Waals surface area contributed by atoms with E-state index in [9.17, 15) is 18.0 Å². The first-order valence-corrected chi connectivity index (χ1v) is 12.2.